The predicted octanol–water partition coefficient (Wildman–Crippen LogP) is 3.12. The highest BCUT2D eigenvalue weighted by molar-refractivity contribution is 8.00. The molecule has 6 heteroatoms. The second-order valence-corrected chi connectivity index (χ2v) is 6.02. The molecule has 2 atom stereocenters. The Morgan fingerprint density at radius 2 is 2.21 bits per heavy atom. The molecule has 1 aromatic rings. The number of carboxylic acids is 1. The first-order valence-corrected chi connectivity index (χ1v) is 7.00. The first-order valence-electron chi connectivity index (χ1n) is 5.74. The zero-order valence-electron chi connectivity index (χ0n) is 10.5. The molecular weight excluding hydrogens is 288 g/mol. The van der Waals surface area contributed by atoms with E-state index in [1.54, 1.807) is 19.1 Å². The van der Waals surface area contributed by atoms with Gasteiger partial charge >= 0.3 is 5.97 Å². The molecule has 0 radical (unpaired) electrons. The van der Waals surface area contributed by atoms with E-state index in [4.69, 9.17) is 21.4 Å². The maximum atomic E-state index is 12.4. The molecule has 1 aliphatic rings. The predicted molar refractivity (Wildman–Crippen MR) is 73.4 cm³/mol. The molecule has 0 amide bonds. The number of fused-ring (bicyclic) bond motifs is 1. The number of hydrogen-bond donors (Lipinski definition) is 1. The van der Waals surface area contributed by atoms with Gasteiger partial charge in [-0.3, -0.25) is 9.59 Å². The lowest BCUT2D eigenvalue weighted by Gasteiger charge is -2.29. The number of methoxy groups -OCH3 is 1. The summed E-state index contributed by atoms with van der Waals surface area (Å²) < 4.78 is 5.19. The van der Waals surface area contributed by atoms with Gasteiger partial charge in [-0.2, -0.15) is 0 Å². The maximum Gasteiger partial charge on any atom is 0.304 e. The van der Waals surface area contributed by atoms with Gasteiger partial charge in [0.25, 0.3) is 0 Å². The minimum Gasteiger partial charge on any atom is -0.496 e. The van der Waals surface area contributed by atoms with Crippen LogP contribution in [0.25, 0.3) is 0 Å². The van der Waals surface area contributed by atoms with Crippen LogP contribution < -0.4 is 4.74 Å². The minimum absolute atomic E-state index is 0.0649. The molecule has 4 nitrogen and oxygen atoms in total. The van der Waals surface area contributed by atoms with Gasteiger partial charge in [0.05, 0.1) is 24.1 Å². The molecule has 0 aromatic heterocycles. The molecular formula is C13H13ClO4S. The van der Waals surface area contributed by atoms with E-state index in [-0.39, 0.29) is 23.4 Å². The van der Waals surface area contributed by atoms with Crippen LogP contribution in [0.15, 0.2) is 17.0 Å². The summed E-state index contributed by atoms with van der Waals surface area (Å²) in [5.41, 5.74) is 0.467. The van der Waals surface area contributed by atoms with Crippen molar-refractivity contribution in [2.75, 3.05) is 7.11 Å². The smallest absolute Gasteiger partial charge is 0.304 e. The number of benzene rings is 1. The standard InChI is InChI=1S/C13H13ClO4S/c1-6-9(5-10(15)16)19-13-7(14)3-4-8(18-2)11(13)12(6)17/h3-4,6,9H,5H2,1-2H3,(H,15,16). The number of carboxylic acid groups (broad SMARTS) is 1. The van der Waals surface area contributed by atoms with E-state index in [1.807, 2.05) is 0 Å². The summed E-state index contributed by atoms with van der Waals surface area (Å²) in [7, 11) is 1.50. The number of rotatable bonds is 3. The Bertz CT molecular complexity index is 544. The van der Waals surface area contributed by atoms with E-state index in [9.17, 15) is 9.59 Å². The number of halogens is 1. The number of Topliss-reactive ketones (excluding diaryl/α,β-unsaturated/α-hetero) is 1. The first kappa shape index (κ1) is 14.2. The number of carbonyl (C=O) groups excluding carboxylic acids is 1. The van der Waals surface area contributed by atoms with E-state index >= 15 is 0 Å². The van der Waals surface area contributed by atoms with E-state index < -0.39 is 5.97 Å². The number of carbonyl (C=O) groups is 2. The number of hydrogen-bond acceptors (Lipinski definition) is 4. The number of thioether (sulfide) groups is 1. The molecule has 19 heavy (non-hydrogen) atoms. The molecule has 0 saturated heterocycles. The summed E-state index contributed by atoms with van der Waals surface area (Å²) >= 11 is 7.45. The van der Waals surface area contributed by atoms with Crippen LogP contribution in [0.3, 0.4) is 0 Å². The van der Waals surface area contributed by atoms with Crippen LogP contribution in [0.4, 0.5) is 0 Å². The molecule has 0 saturated carbocycles. The highest BCUT2D eigenvalue weighted by Gasteiger charge is 2.37. The van der Waals surface area contributed by atoms with Crippen LogP contribution in [0.5, 0.6) is 5.75 Å². The van der Waals surface area contributed by atoms with E-state index in [2.05, 4.69) is 0 Å². The summed E-state index contributed by atoms with van der Waals surface area (Å²) in [4.78, 5) is 23.9. The SMILES string of the molecule is COc1ccc(Cl)c2c1C(=O)C(C)C(CC(=O)O)S2. The second kappa shape index (κ2) is 5.43. The fourth-order valence-corrected chi connectivity index (χ4v) is 3.75. The summed E-state index contributed by atoms with van der Waals surface area (Å²) in [6.07, 6.45) is -0.0649. The third-order valence-electron chi connectivity index (χ3n) is 3.15. The molecule has 2 unspecified atom stereocenters. The number of aliphatic carboxylic acids is 1. The Morgan fingerprint density at radius 3 is 2.79 bits per heavy atom. The number of ketones is 1. The van der Waals surface area contributed by atoms with Crippen LogP contribution >= 0.6 is 23.4 Å². The molecule has 2 rings (SSSR count). The molecule has 102 valence electrons. The fourth-order valence-electron chi connectivity index (χ4n) is 2.10. The quantitative estimate of drug-likeness (QED) is 0.929. The van der Waals surface area contributed by atoms with Gasteiger partial charge in [-0.1, -0.05) is 18.5 Å². The monoisotopic (exact) mass is 300 g/mol. The van der Waals surface area contributed by atoms with Crippen molar-refractivity contribution >= 4 is 35.1 Å². The van der Waals surface area contributed by atoms with Crippen molar-refractivity contribution in [1.29, 1.82) is 0 Å². The van der Waals surface area contributed by atoms with Crippen molar-refractivity contribution in [3.05, 3.63) is 22.7 Å². The van der Waals surface area contributed by atoms with Crippen molar-refractivity contribution in [3.63, 3.8) is 0 Å². The van der Waals surface area contributed by atoms with Gasteiger partial charge in [0.15, 0.2) is 5.78 Å². The van der Waals surface area contributed by atoms with Crippen molar-refractivity contribution in [2.24, 2.45) is 5.92 Å². The summed E-state index contributed by atoms with van der Waals surface area (Å²) in [5, 5.41) is 9.06. The third-order valence-corrected chi connectivity index (χ3v) is 5.12. The van der Waals surface area contributed by atoms with Gasteiger partial charge in [-0.15, -0.1) is 11.8 Å². The van der Waals surface area contributed by atoms with Crippen LogP contribution in [0.2, 0.25) is 5.02 Å². The van der Waals surface area contributed by atoms with Gasteiger partial charge < -0.3 is 9.84 Å². The highest BCUT2D eigenvalue weighted by Crippen LogP contribution is 2.46. The van der Waals surface area contributed by atoms with Crippen LogP contribution in [0, 0.1) is 5.92 Å². The molecule has 1 aromatic carbocycles. The topological polar surface area (TPSA) is 63.6 Å². The third kappa shape index (κ3) is 2.58. The highest BCUT2D eigenvalue weighted by atomic mass is 35.5. The van der Waals surface area contributed by atoms with Crippen LogP contribution in [-0.4, -0.2) is 29.2 Å². The van der Waals surface area contributed by atoms with Crippen molar-refractivity contribution in [3.8, 4) is 5.75 Å². The minimum atomic E-state index is -0.917. The fraction of sp³-hybridized carbons (Fsp3) is 0.385. The van der Waals surface area contributed by atoms with Gasteiger partial charge in [0, 0.05) is 16.1 Å². The van der Waals surface area contributed by atoms with E-state index in [1.165, 1.54) is 18.9 Å². The molecule has 0 bridgehead atoms. The van der Waals surface area contributed by atoms with Crippen molar-refractivity contribution in [2.45, 2.75) is 23.5 Å². The zero-order valence-corrected chi connectivity index (χ0v) is 12.0. The Balaban J connectivity index is 2.49. The lowest BCUT2D eigenvalue weighted by molar-refractivity contribution is -0.137. The lowest BCUT2D eigenvalue weighted by Crippen LogP contribution is -2.30. The Labute approximate surface area is 120 Å². The molecule has 0 aliphatic carbocycles. The van der Waals surface area contributed by atoms with E-state index in [0.29, 0.717) is 21.2 Å². The van der Waals surface area contributed by atoms with Gasteiger partial charge in [0.1, 0.15) is 5.75 Å². The zero-order chi connectivity index (χ0) is 14.2. The average Bonchev–Trinajstić information content (AvgIpc) is 2.36. The normalized spacial score (nSPS) is 21.9. The van der Waals surface area contributed by atoms with Gasteiger partial charge in [0.2, 0.25) is 0 Å². The molecule has 0 fully saturated rings. The van der Waals surface area contributed by atoms with Crippen LogP contribution in [-0.2, 0) is 4.79 Å². The maximum absolute atomic E-state index is 12.4. The second-order valence-electron chi connectivity index (χ2n) is 4.36. The van der Waals surface area contributed by atoms with Crippen LogP contribution in [0.1, 0.15) is 23.7 Å². The molecule has 0 spiro atoms. The van der Waals surface area contributed by atoms with E-state index in [0.717, 1.165) is 0 Å². The lowest BCUT2D eigenvalue weighted by atomic mass is 9.93. The molecule has 1 heterocycles. The largest absolute Gasteiger partial charge is 0.496 e. The van der Waals surface area contributed by atoms with Gasteiger partial charge in [-0.05, 0) is 12.1 Å². The molecule has 1 aliphatic heterocycles. The summed E-state index contributed by atoms with van der Waals surface area (Å²) in [6.45, 7) is 1.74. The summed E-state index contributed by atoms with van der Waals surface area (Å²) in [6, 6.07) is 3.32. The molecule has 1 N–H and O–H groups in total. The number of ether oxygens (including phenoxy) is 1. The average molecular weight is 301 g/mol. The first-order chi connectivity index (χ1) is 8.95. The summed E-state index contributed by atoms with van der Waals surface area (Å²) in [5.74, 6) is -0.919. The van der Waals surface area contributed by atoms with Crippen molar-refractivity contribution in [1.82, 2.24) is 0 Å². The Morgan fingerprint density at radius 1 is 1.53 bits per heavy atom. The van der Waals surface area contributed by atoms with Crippen molar-refractivity contribution < 1.29 is 19.4 Å². The Kier molecular flexibility index (Phi) is 4.06. The van der Waals surface area contributed by atoms with Gasteiger partial charge in [-0.25, -0.2) is 0 Å². The Hall–Kier alpha value is -1.20.